The molecule has 0 radical (unpaired) electrons. The minimum absolute atomic E-state index is 0.107. The first kappa shape index (κ1) is 20.2. The maximum atomic E-state index is 10.3. The molecule has 2 saturated heterocycles. The molecule has 6 aliphatic rings. The first-order valence-corrected chi connectivity index (χ1v) is 13.0. The molecule has 0 aromatic heterocycles. The molecule has 168 valence electrons. The van der Waals surface area contributed by atoms with E-state index in [1.54, 1.807) is 5.57 Å². The molecule has 1 spiro atoms. The zero-order valence-electron chi connectivity index (χ0n) is 19.5. The van der Waals surface area contributed by atoms with Gasteiger partial charge in [0.05, 0.1) is 18.8 Å². The van der Waals surface area contributed by atoms with Crippen LogP contribution >= 0.6 is 0 Å². The first-order chi connectivity index (χ1) is 14.3. The van der Waals surface area contributed by atoms with Gasteiger partial charge in [-0.05, 0) is 91.8 Å². The van der Waals surface area contributed by atoms with Gasteiger partial charge >= 0.3 is 0 Å². The van der Waals surface area contributed by atoms with E-state index in [0.717, 1.165) is 43.6 Å². The minimum Gasteiger partial charge on any atom is -0.393 e. The molecule has 0 bridgehead atoms. The Kier molecular flexibility index (Phi) is 4.44. The summed E-state index contributed by atoms with van der Waals surface area (Å²) in [7, 11) is 0. The van der Waals surface area contributed by atoms with Crippen LogP contribution < -0.4 is 0 Å². The van der Waals surface area contributed by atoms with E-state index in [1.165, 1.54) is 38.5 Å². The normalized spacial score (nSPS) is 59.8. The number of allylic oxidation sites excluding steroid dienone is 1. The molecule has 2 unspecified atom stereocenters. The van der Waals surface area contributed by atoms with Crippen LogP contribution in [0.25, 0.3) is 0 Å². The number of aliphatic hydroxyl groups excluding tert-OH is 1. The molecule has 11 atom stereocenters. The highest BCUT2D eigenvalue weighted by Gasteiger charge is 2.68. The topological polar surface area (TPSA) is 38.7 Å². The van der Waals surface area contributed by atoms with Crippen molar-refractivity contribution in [1.29, 1.82) is 0 Å². The summed E-state index contributed by atoms with van der Waals surface area (Å²) in [5, 5.41) is 10.3. The Morgan fingerprint density at radius 2 is 1.87 bits per heavy atom. The number of rotatable bonds is 0. The van der Waals surface area contributed by atoms with Gasteiger partial charge in [0.25, 0.3) is 0 Å². The van der Waals surface area contributed by atoms with Gasteiger partial charge in [0.15, 0.2) is 5.79 Å². The van der Waals surface area contributed by atoms with E-state index in [-0.39, 0.29) is 11.9 Å². The highest BCUT2D eigenvalue weighted by molar-refractivity contribution is 5.26. The van der Waals surface area contributed by atoms with Crippen molar-refractivity contribution < 1.29 is 14.6 Å². The van der Waals surface area contributed by atoms with Gasteiger partial charge in [-0.2, -0.15) is 0 Å². The molecule has 0 aromatic carbocycles. The summed E-state index contributed by atoms with van der Waals surface area (Å²) in [4.78, 5) is 0. The molecule has 1 N–H and O–H groups in total. The Balaban J connectivity index is 1.28. The van der Waals surface area contributed by atoms with Crippen molar-refractivity contribution in [3.8, 4) is 0 Å². The van der Waals surface area contributed by atoms with Crippen molar-refractivity contribution in [2.45, 2.75) is 103 Å². The molecule has 3 heteroatoms. The third-order valence-electron chi connectivity index (χ3n) is 11.3. The van der Waals surface area contributed by atoms with Crippen LogP contribution in [0.3, 0.4) is 0 Å². The van der Waals surface area contributed by atoms with Gasteiger partial charge in [0.2, 0.25) is 0 Å². The van der Waals surface area contributed by atoms with Crippen LogP contribution in [0, 0.1) is 46.3 Å². The fourth-order valence-electron chi connectivity index (χ4n) is 9.66. The molecule has 4 aliphatic carbocycles. The third-order valence-corrected chi connectivity index (χ3v) is 11.3. The number of hydrogen-bond acceptors (Lipinski definition) is 3. The Labute approximate surface area is 183 Å². The van der Waals surface area contributed by atoms with Crippen molar-refractivity contribution in [3.63, 3.8) is 0 Å². The zero-order valence-corrected chi connectivity index (χ0v) is 19.5. The summed E-state index contributed by atoms with van der Waals surface area (Å²) in [6, 6.07) is 0. The second-order valence-electron chi connectivity index (χ2n) is 12.7. The molecule has 5 fully saturated rings. The van der Waals surface area contributed by atoms with Crippen LogP contribution in [0.15, 0.2) is 11.6 Å². The summed E-state index contributed by atoms with van der Waals surface area (Å²) in [6.07, 6.45) is 13.5. The van der Waals surface area contributed by atoms with Crippen LogP contribution in [-0.4, -0.2) is 29.7 Å². The molecule has 0 aromatic rings. The van der Waals surface area contributed by atoms with Gasteiger partial charge in [-0.25, -0.2) is 0 Å². The van der Waals surface area contributed by atoms with Crippen LogP contribution in [0.4, 0.5) is 0 Å². The number of hydrogen-bond donors (Lipinski definition) is 1. The summed E-state index contributed by atoms with van der Waals surface area (Å²) in [5.41, 5.74) is 2.31. The van der Waals surface area contributed by atoms with Crippen molar-refractivity contribution in [1.82, 2.24) is 0 Å². The lowest BCUT2D eigenvalue weighted by atomic mass is 9.47. The van der Waals surface area contributed by atoms with Gasteiger partial charge in [-0.1, -0.05) is 39.3 Å². The smallest absolute Gasteiger partial charge is 0.171 e. The lowest BCUT2D eigenvalue weighted by Crippen LogP contribution is -2.52. The molecule has 0 amide bonds. The van der Waals surface area contributed by atoms with Crippen molar-refractivity contribution in [2.75, 3.05) is 6.61 Å². The Morgan fingerprint density at radius 3 is 2.63 bits per heavy atom. The second-order valence-corrected chi connectivity index (χ2v) is 12.7. The van der Waals surface area contributed by atoms with E-state index >= 15 is 0 Å². The maximum Gasteiger partial charge on any atom is 0.171 e. The zero-order chi connectivity index (χ0) is 20.9. The predicted molar refractivity (Wildman–Crippen MR) is 118 cm³/mol. The van der Waals surface area contributed by atoms with Crippen LogP contribution in [0.2, 0.25) is 0 Å². The quantitative estimate of drug-likeness (QED) is 0.516. The van der Waals surface area contributed by atoms with E-state index in [9.17, 15) is 5.11 Å². The summed E-state index contributed by atoms with van der Waals surface area (Å²) in [6.45, 7) is 10.8. The fraction of sp³-hybridized carbons (Fsp3) is 0.926. The van der Waals surface area contributed by atoms with E-state index in [1.807, 2.05) is 0 Å². The van der Waals surface area contributed by atoms with Gasteiger partial charge in [0, 0.05) is 12.3 Å². The summed E-state index contributed by atoms with van der Waals surface area (Å²) in [5.74, 6) is 3.94. The third kappa shape index (κ3) is 2.55. The van der Waals surface area contributed by atoms with Crippen LogP contribution in [-0.2, 0) is 9.47 Å². The predicted octanol–water partition coefficient (Wildman–Crippen LogP) is 5.71. The molecule has 6 rings (SSSR count). The highest BCUT2D eigenvalue weighted by atomic mass is 16.7. The molecular weight excluding hydrogens is 372 g/mol. The van der Waals surface area contributed by atoms with Crippen LogP contribution in [0.5, 0.6) is 0 Å². The van der Waals surface area contributed by atoms with Crippen molar-refractivity contribution in [2.24, 2.45) is 46.3 Å². The lowest BCUT2D eigenvalue weighted by molar-refractivity contribution is -0.272. The average molecular weight is 415 g/mol. The van der Waals surface area contributed by atoms with Gasteiger partial charge in [0.1, 0.15) is 0 Å². The minimum atomic E-state index is -0.294. The highest BCUT2D eigenvalue weighted by Crippen LogP contribution is 2.70. The van der Waals surface area contributed by atoms with E-state index in [0.29, 0.717) is 34.7 Å². The number of aliphatic hydroxyl groups is 1. The number of ether oxygens (including phenoxy) is 2. The maximum absolute atomic E-state index is 10.3. The Hall–Kier alpha value is -0.380. The Morgan fingerprint density at radius 1 is 1.03 bits per heavy atom. The lowest BCUT2D eigenvalue weighted by Gasteiger charge is -2.58. The summed E-state index contributed by atoms with van der Waals surface area (Å²) >= 11 is 0. The summed E-state index contributed by atoms with van der Waals surface area (Å²) < 4.78 is 13.3. The second kappa shape index (κ2) is 6.58. The van der Waals surface area contributed by atoms with Crippen molar-refractivity contribution >= 4 is 0 Å². The standard InChI is InChI=1S/C27H42O3/c1-16-7-12-27(29-15-16)17(2)24-23(30-27)14-22-20-6-5-18-13-19(28)8-10-25(18,3)21(20)9-11-26(22,24)4/h5,16-17,19-24,28H,6-15H2,1-4H3/t16-,17+,19-,20-,21?,22?,23+,24+,25+,26+,27-/m1/s1. The van der Waals surface area contributed by atoms with Crippen LogP contribution in [0.1, 0.15) is 85.5 Å². The SMILES string of the molecule is C[C@@H]1CC[C@@]2(OC1)O[C@H]1CC3[C@@H]4CC=C5C[C@H](O)CC[C@]5(C)C4CC[C@]3(C)[C@H]1[C@@H]2C. The Bertz CT molecular complexity index is 736. The first-order valence-electron chi connectivity index (χ1n) is 13.0. The average Bonchev–Trinajstić information content (AvgIpc) is 3.16. The van der Waals surface area contributed by atoms with Gasteiger partial charge < -0.3 is 14.6 Å². The number of fused-ring (bicyclic) bond motifs is 7. The molecule has 3 nitrogen and oxygen atoms in total. The largest absolute Gasteiger partial charge is 0.393 e. The molecule has 3 saturated carbocycles. The van der Waals surface area contributed by atoms with E-state index in [4.69, 9.17) is 9.47 Å². The van der Waals surface area contributed by atoms with Gasteiger partial charge in [-0.3, -0.25) is 0 Å². The van der Waals surface area contributed by atoms with Crippen molar-refractivity contribution in [3.05, 3.63) is 11.6 Å². The molecule has 2 heterocycles. The van der Waals surface area contributed by atoms with Gasteiger partial charge in [-0.15, -0.1) is 0 Å². The molecular formula is C27H42O3. The molecule has 2 aliphatic heterocycles. The monoisotopic (exact) mass is 414 g/mol. The fourth-order valence-corrected chi connectivity index (χ4v) is 9.66. The van der Waals surface area contributed by atoms with E-state index in [2.05, 4.69) is 33.8 Å². The molecule has 30 heavy (non-hydrogen) atoms. The van der Waals surface area contributed by atoms with E-state index < -0.39 is 0 Å².